The van der Waals surface area contributed by atoms with Crippen LogP contribution in [-0.2, 0) is 20.7 Å². The molecule has 0 heterocycles. The first-order valence-corrected chi connectivity index (χ1v) is 9.11. The van der Waals surface area contributed by atoms with Crippen LogP contribution >= 0.6 is 22.6 Å². The van der Waals surface area contributed by atoms with Gasteiger partial charge >= 0.3 is 5.97 Å². The number of fused-ring (bicyclic) bond motifs is 1. The van der Waals surface area contributed by atoms with Gasteiger partial charge in [-0.15, -0.1) is 0 Å². The number of nitrogens with one attached hydrogen (secondary N) is 1. The number of hydrogen-bond donors (Lipinski definition) is 1. The van der Waals surface area contributed by atoms with Gasteiger partial charge in [0.15, 0.2) is 13.2 Å². The molecule has 2 aromatic carbocycles. The Morgan fingerprint density at radius 3 is 2.64 bits per heavy atom. The molecule has 0 radical (unpaired) electrons. The van der Waals surface area contributed by atoms with Crippen molar-refractivity contribution in [1.82, 2.24) is 5.32 Å². The molecule has 1 aliphatic rings. The maximum absolute atomic E-state index is 12.0. The normalized spacial score (nSPS) is 15.3. The van der Waals surface area contributed by atoms with Gasteiger partial charge in [-0.05, 0) is 70.8 Å². The van der Waals surface area contributed by atoms with Crippen LogP contribution in [0.5, 0.6) is 5.75 Å². The Kier molecular flexibility index (Phi) is 5.91. The van der Waals surface area contributed by atoms with E-state index in [-0.39, 0.29) is 25.2 Å². The van der Waals surface area contributed by atoms with Gasteiger partial charge in [0.2, 0.25) is 0 Å². The number of ether oxygens (including phenoxy) is 2. The minimum Gasteiger partial charge on any atom is -0.482 e. The van der Waals surface area contributed by atoms with E-state index in [9.17, 15) is 9.59 Å². The summed E-state index contributed by atoms with van der Waals surface area (Å²) < 4.78 is 11.4. The second kappa shape index (κ2) is 8.33. The molecule has 0 unspecified atom stereocenters. The van der Waals surface area contributed by atoms with Gasteiger partial charge < -0.3 is 14.8 Å². The molecule has 6 heteroatoms. The molecule has 130 valence electrons. The Hall–Kier alpha value is -2.09. The predicted octanol–water partition coefficient (Wildman–Crippen LogP) is 3.02. The summed E-state index contributed by atoms with van der Waals surface area (Å²) in [5.74, 6) is -0.283. The Balaban J connectivity index is 1.40. The van der Waals surface area contributed by atoms with Crippen LogP contribution < -0.4 is 10.1 Å². The number of amides is 1. The van der Waals surface area contributed by atoms with E-state index >= 15 is 0 Å². The van der Waals surface area contributed by atoms with Crippen LogP contribution in [0.25, 0.3) is 0 Å². The van der Waals surface area contributed by atoms with Crippen molar-refractivity contribution in [2.45, 2.75) is 18.9 Å². The van der Waals surface area contributed by atoms with E-state index < -0.39 is 5.97 Å². The molecule has 0 saturated heterocycles. The fourth-order valence-corrected chi connectivity index (χ4v) is 3.16. The van der Waals surface area contributed by atoms with E-state index in [2.05, 4.69) is 34.0 Å². The van der Waals surface area contributed by atoms with E-state index in [0.717, 1.165) is 22.0 Å². The topological polar surface area (TPSA) is 64.6 Å². The summed E-state index contributed by atoms with van der Waals surface area (Å²) in [4.78, 5) is 23.7. The lowest BCUT2D eigenvalue weighted by molar-refractivity contribution is -0.150. The number of rotatable bonds is 6. The van der Waals surface area contributed by atoms with E-state index in [4.69, 9.17) is 9.47 Å². The van der Waals surface area contributed by atoms with Crippen molar-refractivity contribution in [3.05, 3.63) is 63.2 Å². The van der Waals surface area contributed by atoms with Crippen LogP contribution in [0.4, 0.5) is 0 Å². The van der Waals surface area contributed by atoms with Gasteiger partial charge in [0, 0.05) is 3.57 Å². The van der Waals surface area contributed by atoms with Crippen molar-refractivity contribution in [3.63, 3.8) is 0 Å². The summed E-state index contributed by atoms with van der Waals surface area (Å²) in [5.41, 5.74) is 2.40. The molecule has 1 N–H and O–H groups in total. The van der Waals surface area contributed by atoms with Gasteiger partial charge in [0.1, 0.15) is 5.75 Å². The second-order valence-electron chi connectivity index (χ2n) is 5.76. The largest absolute Gasteiger partial charge is 0.482 e. The quantitative estimate of drug-likeness (QED) is 0.542. The fourth-order valence-electron chi connectivity index (χ4n) is 2.80. The smallest absolute Gasteiger partial charge is 0.344 e. The Morgan fingerprint density at radius 2 is 1.84 bits per heavy atom. The number of carbonyl (C=O) groups excluding carboxylic acids is 2. The van der Waals surface area contributed by atoms with Crippen LogP contribution in [0.3, 0.4) is 0 Å². The number of esters is 1. The van der Waals surface area contributed by atoms with Crippen molar-refractivity contribution in [1.29, 1.82) is 0 Å². The molecule has 3 rings (SSSR count). The first-order chi connectivity index (χ1) is 12.1. The summed E-state index contributed by atoms with van der Waals surface area (Å²) in [7, 11) is 0. The molecular weight excluding hydrogens is 433 g/mol. The highest BCUT2D eigenvalue weighted by molar-refractivity contribution is 14.1. The summed E-state index contributed by atoms with van der Waals surface area (Å²) >= 11 is 2.19. The number of benzene rings is 2. The van der Waals surface area contributed by atoms with Gasteiger partial charge in [-0.3, -0.25) is 4.79 Å². The van der Waals surface area contributed by atoms with Crippen molar-refractivity contribution < 1.29 is 19.1 Å². The molecule has 2 aromatic rings. The van der Waals surface area contributed by atoms with Gasteiger partial charge in [-0.2, -0.15) is 0 Å². The maximum Gasteiger partial charge on any atom is 0.344 e. The molecule has 25 heavy (non-hydrogen) atoms. The number of aryl methyl sites for hydroxylation is 1. The average molecular weight is 451 g/mol. The highest BCUT2D eigenvalue weighted by Gasteiger charge is 2.23. The van der Waals surface area contributed by atoms with Crippen LogP contribution in [0.15, 0.2) is 48.5 Å². The molecule has 0 fully saturated rings. The molecule has 0 aliphatic heterocycles. The summed E-state index contributed by atoms with van der Waals surface area (Å²) in [6.45, 7) is -0.520. The molecular formula is C19H18INO4. The fraction of sp³-hybridized carbons (Fsp3) is 0.263. The molecule has 1 amide bonds. The predicted molar refractivity (Wildman–Crippen MR) is 101 cm³/mol. The van der Waals surface area contributed by atoms with Crippen LogP contribution in [0.1, 0.15) is 23.6 Å². The van der Waals surface area contributed by atoms with Crippen LogP contribution in [-0.4, -0.2) is 25.1 Å². The van der Waals surface area contributed by atoms with Crippen molar-refractivity contribution >= 4 is 34.5 Å². The first-order valence-electron chi connectivity index (χ1n) is 8.03. The second-order valence-corrected chi connectivity index (χ2v) is 7.01. The molecule has 0 spiro atoms. The van der Waals surface area contributed by atoms with E-state index in [1.54, 1.807) is 12.1 Å². The number of carbonyl (C=O) groups is 2. The van der Waals surface area contributed by atoms with E-state index in [1.807, 2.05) is 30.3 Å². The summed E-state index contributed by atoms with van der Waals surface area (Å²) in [5, 5.41) is 2.91. The number of hydrogen-bond acceptors (Lipinski definition) is 4. The Bertz CT molecular complexity index is 760. The van der Waals surface area contributed by atoms with E-state index in [0.29, 0.717) is 5.75 Å². The summed E-state index contributed by atoms with van der Waals surface area (Å²) in [6, 6.07) is 15.4. The zero-order valence-electron chi connectivity index (χ0n) is 13.5. The van der Waals surface area contributed by atoms with Gasteiger partial charge in [-0.25, -0.2) is 4.79 Å². The Morgan fingerprint density at radius 1 is 1.08 bits per heavy atom. The van der Waals surface area contributed by atoms with Crippen molar-refractivity contribution in [2.24, 2.45) is 0 Å². The van der Waals surface area contributed by atoms with Gasteiger partial charge in [0.25, 0.3) is 5.91 Å². The third-order valence-corrected chi connectivity index (χ3v) is 4.72. The molecule has 0 saturated carbocycles. The number of halogens is 1. The molecule has 0 aromatic heterocycles. The van der Waals surface area contributed by atoms with Crippen LogP contribution in [0, 0.1) is 3.57 Å². The minimum absolute atomic E-state index is 0.00885. The zero-order valence-corrected chi connectivity index (χ0v) is 15.7. The highest BCUT2D eigenvalue weighted by atomic mass is 127. The third-order valence-electron chi connectivity index (χ3n) is 4.00. The molecule has 5 nitrogen and oxygen atoms in total. The zero-order chi connectivity index (χ0) is 17.6. The maximum atomic E-state index is 12.0. The minimum atomic E-state index is -0.569. The lowest BCUT2D eigenvalue weighted by Gasteiger charge is -2.14. The molecule has 0 bridgehead atoms. The van der Waals surface area contributed by atoms with E-state index in [1.165, 1.54) is 5.56 Å². The highest BCUT2D eigenvalue weighted by Crippen LogP contribution is 2.30. The Labute approximate surface area is 159 Å². The molecule has 1 aliphatic carbocycles. The standard InChI is InChI=1S/C19H18INO4/c20-14-6-8-15(9-7-14)24-12-19(23)25-11-18(22)21-17-10-5-13-3-1-2-4-16(13)17/h1-4,6-9,17H,5,10-12H2,(H,21,22)/t17-/m0/s1. The van der Waals surface area contributed by atoms with Crippen molar-refractivity contribution in [2.75, 3.05) is 13.2 Å². The summed E-state index contributed by atoms with van der Waals surface area (Å²) in [6.07, 6.45) is 1.82. The van der Waals surface area contributed by atoms with Gasteiger partial charge in [0.05, 0.1) is 6.04 Å². The first kappa shape index (κ1) is 17.7. The SMILES string of the molecule is O=C(COC(=O)COc1ccc(I)cc1)N[C@H]1CCc2ccccc21. The average Bonchev–Trinajstić information content (AvgIpc) is 3.02. The monoisotopic (exact) mass is 451 g/mol. The lowest BCUT2D eigenvalue weighted by Crippen LogP contribution is -2.32. The van der Waals surface area contributed by atoms with Crippen molar-refractivity contribution in [3.8, 4) is 5.75 Å². The van der Waals surface area contributed by atoms with Gasteiger partial charge in [-0.1, -0.05) is 24.3 Å². The lowest BCUT2D eigenvalue weighted by atomic mass is 10.1. The van der Waals surface area contributed by atoms with Crippen LogP contribution in [0.2, 0.25) is 0 Å². The molecule has 1 atom stereocenters. The third kappa shape index (κ3) is 4.94.